The van der Waals surface area contributed by atoms with Gasteiger partial charge in [-0.3, -0.25) is 0 Å². The van der Waals surface area contributed by atoms with E-state index in [1.807, 2.05) is 6.07 Å². The second kappa shape index (κ2) is 4.58. The molecule has 1 aliphatic carbocycles. The van der Waals surface area contributed by atoms with Gasteiger partial charge in [0.25, 0.3) is 0 Å². The van der Waals surface area contributed by atoms with E-state index in [0.717, 1.165) is 23.2 Å². The maximum atomic E-state index is 6.27. The van der Waals surface area contributed by atoms with Crippen LogP contribution in [-0.4, -0.2) is 5.88 Å². The Morgan fingerprint density at radius 1 is 1.38 bits per heavy atom. The zero-order valence-corrected chi connectivity index (χ0v) is 11.4. The standard InChI is InChI=1S/C14H18Cl2/c1-10-3-4-11(13(16)7-10)8-14(2,9-15)12-5-6-12/h3-4,7,12H,5-6,8-9H2,1-2H3. The first kappa shape index (κ1) is 12.3. The van der Waals surface area contributed by atoms with Crippen molar-refractivity contribution >= 4 is 23.2 Å². The second-order valence-corrected chi connectivity index (χ2v) is 6.01. The third-order valence-corrected chi connectivity index (χ3v) is 4.63. The van der Waals surface area contributed by atoms with Crippen LogP contribution in [0.4, 0.5) is 0 Å². The quantitative estimate of drug-likeness (QED) is 0.676. The van der Waals surface area contributed by atoms with Crippen LogP contribution in [0.15, 0.2) is 18.2 Å². The first-order chi connectivity index (χ1) is 7.55. The van der Waals surface area contributed by atoms with Crippen LogP contribution in [0, 0.1) is 18.3 Å². The van der Waals surface area contributed by atoms with E-state index in [1.165, 1.54) is 24.0 Å². The molecule has 0 aliphatic heterocycles. The van der Waals surface area contributed by atoms with E-state index in [0.29, 0.717) is 0 Å². The highest BCUT2D eigenvalue weighted by Crippen LogP contribution is 2.48. The minimum Gasteiger partial charge on any atom is -0.126 e. The number of hydrogen-bond acceptors (Lipinski definition) is 0. The predicted molar refractivity (Wildman–Crippen MR) is 71.4 cm³/mol. The highest BCUT2D eigenvalue weighted by molar-refractivity contribution is 6.31. The van der Waals surface area contributed by atoms with Crippen molar-refractivity contribution in [2.24, 2.45) is 11.3 Å². The topological polar surface area (TPSA) is 0 Å². The Hall–Kier alpha value is -0.200. The molecule has 1 atom stereocenters. The van der Waals surface area contributed by atoms with Gasteiger partial charge in [0.05, 0.1) is 0 Å². The Bertz CT molecular complexity index is 382. The number of aryl methyl sites for hydroxylation is 1. The van der Waals surface area contributed by atoms with Crippen molar-refractivity contribution in [1.29, 1.82) is 0 Å². The average molecular weight is 257 g/mol. The van der Waals surface area contributed by atoms with Gasteiger partial charge in [0, 0.05) is 10.9 Å². The summed E-state index contributed by atoms with van der Waals surface area (Å²) in [5.74, 6) is 1.52. The molecule has 0 aromatic heterocycles. The molecule has 2 heteroatoms. The van der Waals surface area contributed by atoms with Crippen molar-refractivity contribution < 1.29 is 0 Å². The van der Waals surface area contributed by atoms with E-state index in [1.54, 1.807) is 0 Å². The summed E-state index contributed by atoms with van der Waals surface area (Å²) in [5.41, 5.74) is 2.68. The Morgan fingerprint density at radius 3 is 2.56 bits per heavy atom. The minimum absolute atomic E-state index is 0.223. The molecule has 0 N–H and O–H groups in total. The van der Waals surface area contributed by atoms with Gasteiger partial charge in [-0.1, -0.05) is 30.7 Å². The van der Waals surface area contributed by atoms with Gasteiger partial charge in [-0.25, -0.2) is 0 Å². The molecule has 0 heterocycles. The lowest BCUT2D eigenvalue weighted by atomic mass is 9.80. The lowest BCUT2D eigenvalue weighted by Crippen LogP contribution is -2.24. The number of hydrogen-bond donors (Lipinski definition) is 0. The molecule has 0 radical (unpaired) electrons. The van der Waals surface area contributed by atoms with E-state index in [-0.39, 0.29) is 5.41 Å². The van der Waals surface area contributed by atoms with Gasteiger partial charge in [-0.05, 0) is 54.7 Å². The fourth-order valence-electron chi connectivity index (χ4n) is 2.31. The third kappa shape index (κ3) is 2.55. The van der Waals surface area contributed by atoms with Crippen LogP contribution in [-0.2, 0) is 6.42 Å². The number of alkyl halides is 1. The predicted octanol–water partition coefficient (Wildman–Crippen LogP) is 4.85. The summed E-state index contributed by atoms with van der Waals surface area (Å²) in [6.45, 7) is 4.35. The van der Waals surface area contributed by atoms with Crippen molar-refractivity contribution in [1.82, 2.24) is 0 Å². The Labute approximate surface area is 108 Å². The first-order valence-corrected chi connectivity index (χ1v) is 6.77. The molecule has 0 nitrogen and oxygen atoms in total. The largest absolute Gasteiger partial charge is 0.126 e. The van der Waals surface area contributed by atoms with Crippen molar-refractivity contribution in [3.05, 3.63) is 34.3 Å². The highest BCUT2D eigenvalue weighted by Gasteiger charge is 2.40. The van der Waals surface area contributed by atoms with Gasteiger partial charge < -0.3 is 0 Å². The third-order valence-electron chi connectivity index (χ3n) is 3.67. The normalized spacial score (nSPS) is 19.5. The van der Waals surface area contributed by atoms with Crippen LogP contribution >= 0.6 is 23.2 Å². The summed E-state index contributed by atoms with van der Waals surface area (Å²) in [6, 6.07) is 6.31. The molecule has 88 valence electrons. The molecule has 1 aliphatic rings. The molecular formula is C14H18Cl2. The van der Waals surface area contributed by atoms with Gasteiger partial charge in [-0.15, -0.1) is 11.6 Å². The fraction of sp³-hybridized carbons (Fsp3) is 0.571. The Balaban J connectivity index is 2.18. The number of halogens is 2. The van der Waals surface area contributed by atoms with E-state index in [2.05, 4.69) is 26.0 Å². The molecule has 1 aromatic rings. The zero-order valence-electron chi connectivity index (χ0n) is 9.89. The van der Waals surface area contributed by atoms with Crippen molar-refractivity contribution in [2.75, 3.05) is 5.88 Å². The van der Waals surface area contributed by atoms with Crippen molar-refractivity contribution in [3.63, 3.8) is 0 Å². The van der Waals surface area contributed by atoms with Gasteiger partial charge in [0.15, 0.2) is 0 Å². The molecule has 2 rings (SSSR count). The van der Waals surface area contributed by atoms with E-state index in [4.69, 9.17) is 23.2 Å². The molecule has 1 aromatic carbocycles. The van der Waals surface area contributed by atoms with Gasteiger partial charge in [0.1, 0.15) is 0 Å². The zero-order chi connectivity index (χ0) is 11.8. The monoisotopic (exact) mass is 256 g/mol. The molecule has 0 saturated heterocycles. The molecule has 1 unspecified atom stereocenters. The van der Waals surface area contributed by atoms with Gasteiger partial charge in [0.2, 0.25) is 0 Å². The fourth-order valence-corrected chi connectivity index (χ4v) is 2.93. The SMILES string of the molecule is Cc1ccc(CC(C)(CCl)C2CC2)c(Cl)c1. The van der Waals surface area contributed by atoms with Crippen LogP contribution in [0.25, 0.3) is 0 Å². The minimum atomic E-state index is 0.223. The van der Waals surface area contributed by atoms with Crippen LogP contribution in [0.1, 0.15) is 30.9 Å². The van der Waals surface area contributed by atoms with Crippen molar-refractivity contribution in [3.8, 4) is 0 Å². The Morgan fingerprint density at radius 2 is 2.06 bits per heavy atom. The molecular weight excluding hydrogens is 239 g/mol. The summed E-state index contributed by atoms with van der Waals surface area (Å²) in [4.78, 5) is 0. The lowest BCUT2D eigenvalue weighted by Gasteiger charge is -2.27. The average Bonchev–Trinajstić information content (AvgIpc) is 3.06. The summed E-state index contributed by atoms with van der Waals surface area (Å²) in [7, 11) is 0. The van der Waals surface area contributed by atoms with Crippen LogP contribution in [0.5, 0.6) is 0 Å². The summed E-state index contributed by atoms with van der Waals surface area (Å²) in [6.07, 6.45) is 3.65. The molecule has 0 bridgehead atoms. The maximum absolute atomic E-state index is 6.27. The summed E-state index contributed by atoms with van der Waals surface area (Å²) in [5, 5.41) is 0.886. The lowest BCUT2D eigenvalue weighted by molar-refractivity contribution is 0.313. The van der Waals surface area contributed by atoms with Gasteiger partial charge >= 0.3 is 0 Å². The molecule has 16 heavy (non-hydrogen) atoms. The Kier molecular flexibility index (Phi) is 3.51. The molecule has 0 spiro atoms. The van der Waals surface area contributed by atoms with Gasteiger partial charge in [-0.2, -0.15) is 0 Å². The van der Waals surface area contributed by atoms with E-state index in [9.17, 15) is 0 Å². The van der Waals surface area contributed by atoms with E-state index < -0.39 is 0 Å². The van der Waals surface area contributed by atoms with Crippen LogP contribution in [0.3, 0.4) is 0 Å². The van der Waals surface area contributed by atoms with E-state index >= 15 is 0 Å². The molecule has 0 amide bonds. The summed E-state index contributed by atoms with van der Waals surface area (Å²) >= 11 is 12.4. The maximum Gasteiger partial charge on any atom is 0.0440 e. The number of rotatable bonds is 4. The smallest absolute Gasteiger partial charge is 0.0440 e. The molecule has 1 saturated carbocycles. The van der Waals surface area contributed by atoms with Crippen LogP contribution in [0.2, 0.25) is 5.02 Å². The van der Waals surface area contributed by atoms with Crippen LogP contribution < -0.4 is 0 Å². The van der Waals surface area contributed by atoms with Crippen molar-refractivity contribution in [2.45, 2.75) is 33.1 Å². The number of benzene rings is 1. The highest BCUT2D eigenvalue weighted by atomic mass is 35.5. The second-order valence-electron chi connectivity index (χ2n) is 5.33. The first-order valence-electron chi connectivity index (χ1n) is 5.86. The molecule has 1 fully saturated rings. The summed E-state index contributed by atoms with van der Waals surface area (Å²) < 4.78 is 0.